The molecule has 0 atom stereocenters. The fourth-order valence-corrected chi connectivity index (χ4v) is 1.73. The fourth-order valence-electron chi connectivity index (χ4n) is 1.73. The smallest absolute Gasteiger partial charge is 0.151 e. The number of rotatable bonds is 3. The van der Waals surface area contributed by atoms with Gasteiger partial charge in [-0.3, -0.25) is 14.6 Å². The molecule has 17 heavy (non-hydrogen) atoms. The first kappa shape index (κ1) is 11.2. The largest absolute Gasteiger partial charge is 0.298 e. The summed E-state index contributed by atoms with van der Waals surface area (Å²) in [5.41, 5.74) is 3.82. The third-order valence-electron chi connectivity index (χ3n) is 2.71. The van der Waals surface area contributed by atoms with E-state index in [1.54, 1.807) is 18.3 Å². The van der Waals surface area contributed by atoms with E-state index < -0.39 is 0 Å². The minimum Gasteiger partial charge on any atom is -0.298 e. The van der Waals surface area contributed by atoms with E-state index in [4.69, 9.17) is 0 Å². The lowest BCUT2D eigenvalue weighted by atomic mass is 9.98. The summed E-state index contributed by atoms with van der Waals surface area (Å²) in [6, 6.07) is 7.23. The molecule has 0 aliphatic carbocycles. The van der Waals surface area contributed by atoms with E-state index in [1.807, 2.05) is 19.1 Å². The Morgan fingerprint density at radius 2 is 1.94 bits per heavy atom. The van der Waals surface area contributed by atoms with Crippen LogP contribution in [-0.4, -0.2) is 17.6 Å². The number of carbonyl (C=O) groups is 2. The summed E-state index contributed by atoms with van der Waals surface area (Å²) < 4.78 is 0. The summed E-state index contributed by atoms with van der Waals surface area (Å²) in [6.45, 7) is 1.87. The van der Waals surface area contributed by atoms with Crippen LogP contribution >= 0.6 is 0 Å². The first-order valence-corrected chi connectivity index (χ1v) is 5.21. The molecule has 84 valence electrons. The van der Waals surface area contributed by atoms with Gasteiger partial charge in [0, 0.05) is 29.1 Å². The number of pyridine rings is 1. The van der Waals surface area contributed by atoms with Gasteiger partial charge in [0.05, 0.1) is 0 Å². The second-order valence-electron chi connectivity index (χ2n) is 3.76. The standard InChI is InChI=1S/C14H11NO2/c1-10-13(9-17)6-15-7-14(10)12-4-2-3-11(5-12)8-16/h2-9H,1H3. The molecule has 0 aliphatic rings. The Labute approximate surface area is 99.1 Å². The molecule has 0 N–H and O–H groups in total. The molecular weight excluding hydrogens is 214 g/mol. The van der Waals surface area contributed by atoms with Gasteiger partial charge in [0.2, 0.25) is 0 Å². The van der Waals surface area contributed by atoms with E-state index in [0.29, 0.717) is 11.1 Å². The molecule has 1 aromatic carbocycles. The van der Waals surface area contributed by atoms with Crippen LogP contribution in [0.15, 0.2) is 36.7 Å². The van der Waals surface area contributed by atoms with Gasteiger partial charge in [0.15, 0.2) is 6.29 Å². The van der Waals surface area contributed by atoms with Crippen molar-refractivity contribution in [1.29, 1.82) is 0 Å². The van der Waals surface area contributed by atoms with Crippen LogP contribution in [0.3, 0.4) is 0 Å². The van der Waals surface area contributed by atoms with Crippen molar-refractivity contribution in [3.8, 4) is 11.1 Å². The van der Waals surface area contributed by atoms with E-state index in [-0.39, 0.29) is 0 Å². The van der Waals surface area contributed by atoms with Gasteiger partial charge in [-0.2, -0.15) is 0 Å². The van der Waals surface area contributed by atoms with Crippen LogP contribution < -0.4 is 0 Å². The third kappa shape index (κ3) is 2.13. The molecule has 0 unspecified atom stereocenters. The van der Waals surface area contributed by atoms with Crippen molar-refractivity contribution in [2.24, 2.45) is 0 Å². The van der Waals surface area contributed by atoms with Crippen LogP contribution in [0.2, 0.25) is 0 Å². The average molecular weight is 225 g/mol. The molecule has 1 aromatic heterocycles. The monoisotopic (exact) mass is 225 g/mol. The number of carbonyl (C=O) groups excluding carboxylic acids is 2. The van der Waals surface area contributed by atoms with Crippen molar-refractivity contribution in [2.45, 2.75) is 6.92 Å². The predicted molar refractivity (Wildman–Crippen MR) is 65.2 cm³/mol. The lowest BCUT2D eigenvalue weighted by Gasteiger charge is -2.07. The van der Waals surface area contributed by atoms with Crippen LogP contribution in [0.5, 0.6) is 0 Å². The molecule has 0 aliphatic heterocycles. The Hall–Kier alpha value is -2.29. The van der Waals surface area contributed by atoms with E-state index in [9.17, 15) is 9.59 Å². The first-order chi connectivity index (χ1) is 8.26. The highest BCUT2D eigenvalue weighted by molar-refractivity contribution is 5.84. The van der Waals surface area contributed by atoms with Gasteiger partial charge in [0.25, 0.3) is 0 Å². The Bertz CT molecular complexity index is 576. The van der Waals surface area contributed by atoms with Gasteiger partial charge in [-0.15, -0.1) is 0 Å². The molecule has 0 saturated heterocycles. The minimum atomic E-state index is 0.569. The molecule has 0 spiro atoms. The van der Waals surface area contributed by atoms with Crippen molar-refractivity contribution in [1.82, 2.24) is 4.98 Å². The molecule has 0 amide bonds. The SMILES string of the molecule is Cc1c(C=O)cncc1-c1cccc(C=O)c1. The zero-order chi connectivity index (χ0) is 12.3. The molecule has 3 heteroatoms. The lowest BCUT2D eigenvalue weighted by Crippen LogP contribution is -1.93. The van der Waals surface area contributed by atoms with Crippen LogP contribution in [0.1, 0.15) is 26.3 Å². The maximum Gasteiger partial charge on any atom is 0.151 e. The highest BCUT2D eigenvalue weighted by atomic mass is 16.1. The van der Waals surface area contributed by atoms with Crippen LogP contribution in [0.25, 0.3) is 11.1 Å². The molecule has 0 saturated carbocycles. The van der Waals surface area contributed by atoms with E-state index in [1.165, 1.54) is 6.20 Å². The minimum absolute atomic E-state index is 0.569. The Kier molecular flexibility index (Phi) is 3.10. The van der Waals surface area contributed by atoms with E-state index in [0.717, 1.165) is 29.3 Å². The molecule has 2 aromatic rings. The molecular formula is C14H11NO2. The van der Waals surface area contributed by atoms with Crippen molar-refractivity contribution >= 4 is 12.6 Å². The number of aldehydes is 2. The Balaban J connectivity index is 2.59. The summed E-state index contributed by atoms with van der Waals surface area (Å²) in [5.74, 6) is 0. The van der Waals surface area contributed by atoms with Crippen LogP contribution in [-0.2, 0) is 0 Å². The number of hydrogen-bond donors (Lipinski definition) is 0. The number of nitrogens with zero attached hydrogens (tertiary/aromatic N) is 1. The van der Waals surface area contributed by atoms with Gasteiger partial charge in [0.1, 0.15) is 6.29 Å². The normalized spacial score (nSPS) is 9.94. The zero-order valence-electron chi connectivity index (χ0n) is 9.38. The molecule has 2 rings (SSSR count). The number of benzene rings is 1. The Morgan fingerprint density at radius 1 is 1.12 bits per heavy atom. The highest BCUT2D eigenvalue weighted by Gasteiger charge is 2.06. The van der Waals surface area contributed by atoms with Crippen molar-refractivity contribution in [3.63, 3.8) is 0 Å². The fraction of sp³-hybridized carbons (Fsp3) is 0.0714. The highest BCUT2D eigenvalue weighted by Crippen LogP contribution is 2.24. The molecule has 0 bridgehead atoms. The maximum atomic E-state index is 10.8. The third-order valence-corrected chi connectivity index (χ3v) is 2.71. The number of hydrogen-bond acceptors (Lipinski definition) is 3. The molecule has 3 nitrogen and oxygen atoms in total. The first-order valence-electron chi connectivity index (χ1n) is 5.21. The van der Waals surface area contributed by atoms with Crippen LogP contribution in [0, 0.1) is 6.92 Å². The summed E-state index contributed by atoms with van der Waals surface area (Å²) in [5, 5.41) is 0. The summed E-state index contributed by atoms with van der Waals surface area (Å²) >= 11 is 0. The van der Waals surface area contributed by atoms with E-state index >= 15 is 0 Å². The van der Waals surface area contributed by atoms with Crippen LogP contribution in [0.4, 0.5) is 0 Å². The average Bonchev–Trinajstić information content (AvgIpc) is 2.39. The molecule has 0 fully saturated rings. The summed E-state index contributed by atoms with van der Waals surface area (Å²) in [4.78, 5) is 25.6. The van der Waals surface area contributed by atoms with Crippen molar-refractivity contribution in [2.75, 3.05) is 0 Å². The van der Waals surface area contributed by atoms with Gasteiger partial charge in [-0.25, -0.2) is 0 Å². The van der Waals surface area contributed by atoms with Gasteiger partial charge < -0.3 is 0 Å². The maximum absolute atomic E-state index is 10.8. The quantitative estimate of drug-likeness (QED) is 0.754. The summed E-state index contributed by atoms with van der Waals surface area (Å²) in [6.07, 6.45) is 4.83. The Morgan fingerprint density at radius 3 is 2.65 bits per heavy atom. The van der Waals surface area contributed by atoms with E-state index in [2.05, 4.69) is 4.98 Å². The number of aromatic nitrogens is 1. The predicted octanol–water partition coefficient (Wildman–Crippen LogP) is 2.68. The van der Waals surface area contributed by atoms with Crippen molar-refractivity contribution in [3.05, 3.63) is 53.3 Å². The van der Waals surface area contributed by atoms with Crippen molar-refractivity contribution < 1.29 is 9.59 Å². The second kappa shape index (κ2) is 4.70. The molecule has 0 radical (unpaired) electrons. The summed E-state index contributed by atoms with van der Waals surface area (Å²) in [7, 11) is 0. The molecule has 1 heterocycles. The zero-order valence-corrected chi connectivity index (χ0v) is 9.38. The van der Waals surface area contributed by atoms with Gasteiger partial charge in [-0.1, -0.05) is 18.2 Å². The second-order valence-corrected chi connectivity index (χ2v) is 3.76. The topological polar surface area (TPSA) is 47.0 Å². The van der Waals surface area contributed by atoms with Gasteiger partial charge in [-0.05, 0) is 24.1 Å². The lowest BCUT2D eigenvalue weighted by molar-refractivity contribution is 0.111. The van der Waals surface area contributed by atoms with Gasteiger partial charge >= 0.3 is 0 Å².